The van der Waals surface area contributed by atoms with Crippen LogP contribution in [0.3, 0.4) is 0 Å². The zero-order valence-corrected chi connectivity index (χ0v) is 14.4. The number of anilines is 1. The molecule has 0 saturated carbocycles. The molecule has 0 bridgehead atoms. The molecule has 3 rings (SSSR count). The van der Waals surface area contributed by atoms with E-state index >= 15 is 0 Å². The molecular weight excluding hydrogens is 336 g/mol. The third kappa shape index (κ3) is 5.08. The largest absolute Gasteiger partial charge is 0.399 e. The van der Waals surface area contributed by atoms with Crippen molar-refractivity contribution in [3.8, 4) is 0 Å². The van der Waals surface area contributed by atoms with Crippen LogP contribution in [0.5, 0.6) is 0 Å². The molecule has 1 atom stereocenters. The van der Waals surface area contributed by atoms with Crippen LogP contribution in [0, 0.1) is 5.82 Å². The lowest BCUT2D eigenvalue weighted by Crippen LogP contribution is -2.45. The first kappa shape index (κ1) is 19.7. The molecule has 1 heterocycles. The fourth-order valence-corrected chi connectivity index (χ4v) is 2.90. The van der Waals surface area contributed by atoms with Gasteiger partial charge in [-0.15, -0.1) is 24.8 Å². The minimum Gasteiger partial charge on any atom is -0.399 e. The summed E-state index contributed by atoms with van der Waals surface area (Å²) in [7, 11) is 0. The van der Waals surface area contributed by atoms with Crippen molar-refractivity contribution in [1.82, 2.24) is 10.2 Å². The molecule has 1 saturated heterocycles. The number of rotatable bonds is 3. The predicted octanol–water partition coefficient (Wildman–Crippen LogP) is 3.40. The Bertz CT molecular complexity index is 624. The Balaban J connectivity index is 0.00000132. The van der Waals surface area contributed by atoms with Crippen LogP contribution in [0.25, 0.3) is 0 Å². The Morgan fingerprint density at radius 2 is 1.91 bits per heavy atom. The van der Waals surface area contributed by atoms with Gasteiger partial charge in [-0.25, -0.2) is 4.39 Å². The number of nitrogen functional groups attached to an aromatic ring is 1. The molecule has 3 N–H and O–H groups in total. The SMILES string of the molecule is Cl.Cl.Nc1cccc(CN2CCNCC2c2cccc(F)c2)c1. The van der Waals surface area contributed by atoms with Gasteiger partial charge in [-0.3, -0.25) is 4.90 Å². The van der Waals surface area contributed by atoms with Crippen LogP contribution >= 0.6 is 24.8 Å². The van der Waals surface area contributed by atoms with E-state index in [1.165, 1.54) is 11.6 Å². The molecule has 0 spiro atoms. The third-order valence-electron chi connectivity index (χ3n) is 3.92. The number of nitrogens with zero attached hydrogens (tertiary/aromatic N) is 1. The Kier molecular flexibility index (Phi) is 7.79. The average molecular weight is 358 g/mol. The Morgan fingerprint density at radius 3 is 2.65 bits per heavy atom. The average Bonchev–Trinajstić information content (AvgIpc) is 2.48. The van der Waals surface area contributed by atoms with Crippen LogP contribution in [0.15, 0.2) is 48.5 Å². The summed E-state index contributed by atoms with van der Waals surface area (Å²) in [4.78, 5) is 2.38. The van der Waals surface area contributed by atoms with E-state index in [9.17, 15) is 4.39 Å². The van der Waals surface area contributed by atoms with Gasteiger partial charge in [-0.2, -0.15) is 0 Å². The Hall–Kier alpha value is -1.33. The van der Waals surface area contributed by atoms with Gasteiger partial charge in [-0.1, -0.05) is 24.3 Å². The molecule has 2 aromatic carbocycles. The van der Waals surface area contributed by atoms with Gasteiger partial charge in [-0.05, 0) is 35.4 Å². The first-order chi connectivity index (χ1) is 10.2. The summed E-state index contributed by atoms with van der Waals surface area (Å²) in [6.45, 7) is 3.56. The standard InChI is InChI=1S/C17H20FN3.2ClH/c18-15-5-2-4-14(10-15)17-11-20-7-8-21(17)12-13-3-1-6-16(19)9-13;;/h1-6,9-10,17,20H,7-8,11-12,19H2;2*1H. The first-order valence-electron chi connectivity index (χ1n) is 7.27. The number of hydrogen-bond donors (Lipinski definition) is 2. The van der Waals surface area contributed by atoms with E-state index in [2.05, 4.69) is 16.3 Å². The summed E-state index contributed by atoms with van der Waals surface area (Å²) in [6, 6.07) is 15.0. The van der Waals surface area contributed by atoms with Gasteiger partial charge in [0, 0.05) is 37.9 Å². The van der Waals surface area contributed by atoms with E-state index in [1.807, 2.05) is 24.3 Å². The zero-order chi connectivity index (χ0) is 14.7. The van der Waals surface area contributed by atoms with Gasteiger partial charge in [0.05, 0.1) is 0 Å². The summed E-state index contributed by atoms with van der Waals surface area (Å²) in [5.74, 6) is -0.179. The molecule has 0 amide bonds. The molecule has 1 aliphatic rings. The molecule has 1 aliphatic heterocycles. The second kappa shape index (κ2) is 9.08. The number of hydrogen-bond acceptors (Lipinski definition) is 3. The van der Waals surface area contributed by atoms with Gasteiger partial charge in [0.15, 0.2) is 0 Å². The minimum atomic E-state index is -0.179. The Labute approximate surface area is 148 Å². The second-order valence-corrected chi connectivity index (χ2v) is 5.49. The highest BCUT2D eigenvalue weighted by atomic mass is 35.5. The lowest BCUT2D eigenvalue weighted by atomic mass is 10.0. The number of piperazine rings is 1. The summed E-state index contributed by atoms with van der Waals surface area (Å²) in [5.41, 5.74) is 8.84. The van der Waals surface area contributed by atoms with Crippen LogP contribution in [0.1, 0.15) is 17.2 Å². The van der Waals surface area contributed by atoms with E-state index in [0.29, 0.717) is 0 Å². The van der Waals surface area contributed by atoms with Gasteiger partial charge in [0.25, 0.3) is 0 Å². The van der Waals surface area contributed by atoms with Crippen molar-refractivity contribution in [1.29, 1.82) is 0 Å². The fourth-order valence-electron chi connectivity index (χ4n) is 2.90. The van der Waals surface area contributed by atoms with Crippen molar-refractivity contribution >= 4 is 30.5 Å². The maximum atomic E-state index is 13.5. The lowest BCUT2D eigenvalue weighted by Gasteiger charge is -2.36. The van der Waals surface area contributed by atoms with Crippen molar-refractivity contribution in [2.75, 3.05) is 25.4 Å². The molecule has 0 aromatic heterocycles. The summed E-state index contributed by atoms with van der Waals surface area (Å²) < 4.78 is 13.5. The van der Waals surface area contributed by atoms with Crippen LogP contribution in [-0.4, -0.2) is 24.5 Å². The van der Waals surface area contributed by atoms with Gasteiger partial charge >= 0.3 is 0 Å². The summed E-state index contributed by atoms with van der Waals surface area (Å²) in [6.07, 6.45) is 0. The van der Waals surface area contributed by atoms with E-state index in [0.717, 1.165) is 37.4 Å². The maximum absolute atomic E-state index is 13.5. The fraction of sp³-hybridized carbons (Fsp3) is 0.294. The molecule has 1 fully saturated rings. The number of benzene rings is 2. The van der Waals surface area contributed by atoms with E-state index in [1.54, 1.807) is 12.1 Å². The molecule has 2 aromatic rings. The minimum absolute atomic E-state index is 0. The highest BCUT2D eigenvalue weighted by molar-refractivity contribution is 5.85. The highest BCUT2D eigenvalue weighted by Gasteiger charge is 2.24. The van der Waals surface area contributed by atoms with Crippen LogP contribution in [-0.2, 0) is 6.54 Å². The molecule has 0 aliphatic carbocycles. The van der Waals surface area contributed by atoms with E-state index in [4.69, 9.17) is 5.73 Å². The van der Waals surface area contributed by atoms with Crippen LogP contribution < -0.4 is 11.1 Å². The van der Waals surface area contributed by atoms with Gasteiger partial charge in [0.2, 0.25) is 0 Å². The first-order valence-corrected chi connectivity index (χ1v) is 7.27. The summed E-state index contributed by atoms with van der Waals surface area (Å²) >= 11 is 0. The Morgan fingerprint density at radius 1 is 1.13 bits per heavy atom. The van der Waals surface area contributed by atoms with Gasteiger partial charge < -0.3 is 11.1 Å². The topological polar surface area (TPSA) is 41.3 Å². The van der Waals surface area contributed by atoms with Crippen molar-refractivity contribution < 1.29 is 4.39 Å². The highest BCUT2D eigenvalue weighted by Crippen LogP contribution is 2.25. The molecule has 3 nitrogen and oxygen atoms in total. The number of halogens is 3. The molecule has 1 unspecified atom stereocenters. The van der Waals surface area contributed by atoms with Crippen molar-refractivity contribution in [2.45, 2.75) is 12.6 Å². The second-order valence-electron chi connectivity index (χ2n) is 5.49. The zero-order valence-electron chi connectivity index (χ0n) is 12.7. The quantitative estimate of drug-likeness (QED) is 0.827. The molecular formula is C17H22Cl2FN3. The monoisotopic (exact) mass is 357 g/mol. The van der Waals surface area contributed by atoms with E-state index in [-0.39, 0.29) is 36.7 Å². The van der Waals surface area contributed by atoms with Crippen molar-refractivity contribution in [3.05, 3.63) is 65.5 Å². The lowest BCUT2D eigenvalue weighted by molar-refractivity contribution is 0.153. The number of nitrogens with one attached hydrogen (secondary N) is 1. The summed E-state index contributed by atoms with van der Waals surface area (Å²) in [5, 5.41) is 3.39. The van der Waals surface area contributed by atoms with Crippen molar-refractivity contribution in [2.24, 2.45) is 0 Å². The molecule has 6 heteroatoms. The maximum Gasteiger partial charge on any atom is 0.123 e. The predicted molar refractivity (Wildman–Crippen MR) is 97.8 cm³/mol. The van der Waals surface area contributed by atoms with Crippen molar-refractivity contribution in [3.63, 3.8) is 0 Å². The third-order valence-corrected chi connectivity index (χ3v) is 3.92. The molecule has 0 radical (unpaired) electrons. The molecule has 23 heavy (non-hydrogen) atoms. The van der Waals surface area contributed by atoms with Crippen LogP contribution in [0.4, 0.5) is 10.1 Å². The van der Waals surface area contributed by atoms with Gasteiger partial charge in [0.1, 0.15) is 5.82 Å². The normalized spacial score (nSPS) is 17.9. The smallest absolute Gasteiger partial charge is 0.123 e. The number of nitrogens with two attached hydrogens (primary N) is 1. The van der Waals surface area contributed by atoms with E-state index < -0.39 is 0 Å². The van der Waals surface area contributed by atoms with Crippen LogP contribution in [0.2, 0.25) is 0 Å². The molecule has 126 valence electrons.